The van der Waals surface area contributed by atoms with Crippen LogP contribution in [-0.4, -0.2) is 12.4 Å². The van der Waals surface area contributed by atoms with Crippen LogP contribution in [0.4, 0.5) is 0 Å². The number of hydrogen-bond donors (Lipinski definition) is 0. The number of halogens is 2. The fourth-order valence-corrected chi connectivity index (χ4v) is 1.75. The van der Waals surface area contributed by atoms with Crippen LogP contribution in [0, 0.1) is 5.92 Å². The number of ether oxygens (including phenoxy) is 1. The molecule has 0 aliphatic carbocycles. The highest BCUT2D eigenvalue weighted by Crippen LogP contribution is 2.34. The summed E-state index contributed by atoms with van der Waals surface area (Å²) in [5.41, 5.74) is 0.492. The second-order valence-electron chi connectivity index (χ2n) is 4.03. The number of carbonyl (C=O) groups is 1. The van der Waals surface area contributed by atoms with Gasteiger partial charge in [0.05, 0.1) is 16.7 Å². The molecular weight excluding hydrogens is 247 g/mol. The molecule has 1 aromatic rings. The van der Waals surface area contributed by atoms with Crippen molar-refractivity contribution < 1.29 is 9.53 Å². The van der Waals surface area contributed by atoms with Crippen molar-refractivity contribution in [3.63, 3.8) is 0 Å². The third kappa shape index (κ3) is 3.39. The first-order chi connectivity index (χ1) is 7.41. The maximum Gasteiger partial charge on any atom is 0.159 e. The SMILES string of the molecule is CC(=O)c1cc(Cl)c(OCC(C)C)c(Cl)c1. The van der Waals surface area contributed by atoms with Crippen molar-refractivity contribution in [3.05, 3.63) is 27.7 Å². The zero-order chi connectivity index (χ0) is 12.3. The highest BCUT2D eigenvalue weighted by atomic mass is 35.5. The summed E-state index contributed by atoms with van der Waals surface area (Å²) in [5, 5.41) is 0.747. The molecule has 0 aromatic heterocycles. The Morgan fingerprint density at radius 3 is 2.19 bits per heavy atom. The van der Waals surface area contributed by atoms with E-state index in [1.165, 1.54) is 6.92 Å². The molecule has 0 saturated carbocycles. The summed E-state index contributed by atoms with van der Waals surface area (Å²) in [4.78, 5) is 11.2. The zero-order valence-electron chi connectivity index (χ0n) is 9.51. The summed E-state index contributed by atoms with van der Waals surface area (Å²) in [6, 6.07) is 3.15. The minimum Gasteiger partial charge on any atom is -0.490 e. The van der Waals surface area contributed by atoms with Crippen LogP contribution < -0.4 is 4.74 Å². The lowest BCUT2D eigenvalue weighted by atomic mass is 10.1. The van der Waals surface area contributed by atoms with Crippen LogP contribution in [0.2, 0.25) is 10.0 Å². The van der Waals surface area contributed by atoms with Crippen LogP contribution in [0.25, 0.3) is 0 Å². The minimum atomic E-state index is -0.0702. The first kappa shape index (κ1) is 13.3. The Labute approximate surface area is 106 Å². The molecule has 0 unspecified atom stereocenters. The Hall–Kier alpha value is -0.730. The molecule has 2 nitrogen and oxygen atoms in total. The van der Waals surface area contributed by atoms with Gasteiger partial charge in [0, 0.05) is 5.56 Å². The first-order valence-electron chi connectivity index (χ1n) is 5.04. The van der Waals surface area contributed by atoms with Crippen LogP contribution in [0.15, 0.2) is 12.1 Å². The monoisotopic (exact) mass is 260 g/mol. The van der Waals surface area contributed by atoms with E-state index in [0.717, 1.165) is 0 Å². The fourth-order valence-electron chi connectivity index (χ4n) is 1.15. The standard InChI is InChI=1S/C12H14Cl2O2/c1-7(2)6-16-12-10(13)4-9(8(3)15)5-11(12)14/h4-5,7H,6H2,1-3H3. The van der Waals surface area contributed by atoms with E-state index in [2.05, 4.69) is 0 Å². The highest BCUT2D eigenvalue weighted by Gasteiger charge is 2.12. The third-order valence-electron chi connectivity index (χ3n) is 1.97. The molecule has 4 heteroatoms. The molecule has 0 atom stereocenters. The summed E-state index contributed by atoms with van der Waals surface area (Å²) in [6.45, 7) is 6.08. The van der Waals surface area contributed by atoms with Gasteiger partial charge in [-0.05, 0) is 25.0 Å². The average molecular weight is 261 g/mol. The van der Waals surface area contributed by atoms with Crippen LogP contribution in [0.3, 0.4) is 0 Å². The molecule has 0 fully saturated rings. The van der Waals surface area contributed by atoms with Crippen molar-refractivity contribution in [2.24, 2.45) is 5.92 Å². The van der Waals surface area contributed by atoms with Crippen molar-refractivity contribution >= 4 is 29.0 Å². The van der Waals surface area contributed by atoms with Gasteiger partial charge in [-0.2, -0.15) is 0 Å². The molecule has 1 aromatic carbocycles. The number of benzene rings is 1. The Bertz CT molecular complexity index is 377. The average Bonchev–Trinajstić information content (AvgIpc) is 2.15. The van der Waals surface area contributed by atoms with Gasteiger partial charge in [0.25, 0.3) is 0 Å². The van der Waals surface area contributed by atoms with Gasteiger partial charge in [0.15, 0.2) is 11.5 Å². The molecule has 0 spiro atoms. The zero-order valence-corrected chi connectivity index (χ0v) is 11.0. The second kappa shape index (κ2) is 5.55. The Kier molecular flexibility index (Phi) is 4.63. The maximum absolute atomic E-state index is 11.2. The summed E-state index contributed by atoms with van der Waals surface area (Å²) in [6.07, 6.45) is 0. The third-order valence-corrected chi connectivity index (χ3v) is 2.53. The molecule has 0 amide bonds. The Morgan fingerprint density at radius 2 is 1.81 bits per heavy atom. The number of carbonyl (C=O) groups excluding carboxylic acids is 1. The second-order valence-corrected chi connectivity index (χ2v) is 4.84. The molecule has 16 heavy (non-hydrogen) atoms. The predicted octanol–water partition coefficient (Wildman–Crippen LogP) is 4.23. The van der Waals surface area contributed by atoms with Crippen molar-refractivity contribution in [1.29, 1.82) is 0 Å². The molecule has 88 valence electrons. The summed E-state index contributed by atoms with van der Waals surface area (Å²) in [5.74, 6) is 0.765. The fraction of sp³-hybridized carbons (Fsp3) is 0.417. The molecular formula is C12H14Cl2O2. The van der Waals surface area contributed by atoms with E-state index in [0.29, 0.717) is 33.9 Å². The maximum atomic E-state index is 11.2. The van der Waals surface area contributed by atoms with Gasteiger partial charge in [-0.25, -0.2) is 0 Å². The first-order valence-corrected chi connectivity index (χ1v) is 5.80. The van der Waals surface area contributed by atoms with Gasteiger partial charge >= 0.3 is 0 Å². The number of hydrogen-bond acceptors (Lipinski definition) is 2. The van der Waals surface area contributed by atoms with Crippen molar-refractivity contribution in [2.45, 2.75) is 20.8 Å². The molecule has 0 radical (unpaired) electrons. The lowest BCUT2D eigenvalue weighted by Gasteiger charge is -2.12. The number of ketones is 1. The van der Waals surface area contributed by atoms with E-state index in [9.17, 15) is 4.79 Å². The van der Waals surface area contributed by atoms with Gasteiger partial charge in [-0.1, -0.05) is 37.0 Å². The largest absolute Gasteiger partial charge is 0.490 e. The van der Waals surface area contributed by atoms with Gasteiger partial charge in [-0.15, -0.1) is 0 Å². The molecule has 0 saturated heterocycles. The normalized spacial score (nSPS) is 10.6. The molecule has 0 bridgehead atoms. The lowest BCUT2D eigenvalue weighted by Crippen LogP contribution is -2.05. The van der Waals surface area contributed by atoms with E-state index in [4.69, 9.17) is 27.9 Å². The van der Waals surface area contributed by atoms with Gasteiger partial charge in [0.2, 0.25) is 0 Å². The lowest BCUT2D eigenvalue weighted by molar-refractivity contribution is 0.101. The minimum absolute atomic E-state index is 0.0702. The van der Waals surface area contributed by atoms with Crippen LogP contribution in [-0.2, 0) is 0 Å². The van der Waals surface area contributed by atoms with Gasteiger partial charge in [-0.3, -0.25) is 4.79 Å². The summed E-state index contributed by atoms with van der Waals surface area (Å²) >= 11 is 12.0. The Morgan fingerprint density at radius 1 is 1.31 bits per heavy atom. The predicted molar refractivity (Wildman–Crippen MR) is 66.8 cm³/mol. The molecule has 0 aliphatic heterocycles. The quantitative estimate of drug-likeness (QED) is 0.758. The van der Waals surface area contributed by atoms with E-state index in [1.807, 2.05) is 13.8 Å². The van der Waals surface area contributed by atoms with E-state index >= 15 is 0 Å². The highest BCUT2D eigenvalue weighted by molar-refractivity contribution is 6.37. The van der Waals surface area contributed by atoms with E-state index < -0.39 is 0 Å². The Balaban J connectivity index is 2.98. The molecule has 0 aliphatic rings. The van der Waals surface area contributed by atoms with Crippen LogP contribution in [0.1, 0.15) is 31.1 Å². The van der Waals surface area contributed by atoms with Gasteiger partial charge in [0.1, 0.15) is 0 Å². The number of rotatable bonds is 4. The van der Waals surface area contributed by atoms with Gasteiger partial charge < -0.3 is 4.74 Å². The summed E-state index contributed by atoms with van der Waals surface area (Å²) in [7, 11) is 0. The molecule has 0 N–H and O–H groups in total. The summed E-state index contributed by atoms with van der Waals surface area (Å²) < 4.78 is 5.49. The van der Waals surface area contributed by atoms with Crippen molar-refractivity contribution in [1.82, 2.24) is 0 Å². The van der Waals surface area contributed by atoms with Crippen molar-refractivity contribution in [2.75, 3.05) is 6.61 Å². The molecule has 1 rings (SSSR count). The van der Waals surface area contributed by atoms with Crippen LogP contribution in [0.5, 0.6) is 5.75 Å². The topological polar surface area (TPSA) is 26.3 Å². The van der Waals surface area contributed by atoms with E-state index in [-0.39, 0.29) is 5.78 Å². The van der Waals surface area contributed by atoms with Crippen LogP contribution >= 0.6 is 23.2 Å². The van der Waals surface area contributed by atoms with E-state index in [1.54, 1.807) is 12.1 Å². The smallest absolute Gasteiger partial charge is 0.159 e. The van der Waals surface area contributed by atoms with Crippen molar-refractivity contribution in [3.8, 4) is 5.75 Å². The number of Topliss-reactive ketones (excluding diaryl/α,β-unsaturated/α-hetero) is 1. The molecule has 0 heterocycles.